The van der Waals surface area contributed by atoms with Gasteiger partial charge in [-0.1, -0.05) is 24.3 Å². The fourth-order valence-electron chi connectivity index (χ4n) is 6.46. The van der Waals surface area contributed by atoms with Crippen LogP contribution in [0.4, 0.5) is 10.0 Å². The smallest absolute Gasteiger partial charge is 0.266 e. The fraction of sp³-hybridized carbons (Fsp3) is 0. The van der Waals surface area contributed by atoms with Gasteiger partial charge in [0.2, 0.25) is 0 Å². The van der Waals surface area contributed by atoms with Gasteiger partial charge >= 0.3 is 0 Å². The van der Waals surface area contributed by atoms with Crippen molar-refractivity contribution in [3.8, 4) is 0 Å². The maximum atomic E-state index is 13.6. The molecule has 6 nitrogen and oxygen atoms in total. The van der Waals surface area contributed by atoms with Crippen molar-refractivity contribution in [3.63, 3.8) is 0 Å². The molecule has 4 amide bonds. The van der Waals surface area contributed by atoms with Gasteiger partial charge in [-0.05, 0) is 91.6 Å². The number of hydrogen-bond acceptors (Lipinski definition) is 6. The average molecular weight is 555 g/mol. The lowest BCUT2D eigenvalue weighted by atomic mass is 9.82. The van der Waals surface area contributed by atoms with Crippen LogP contribution in [0.3, 0.4) is 0 Å². The largest absolute Gasteiger partial charge is 0.268 e. The number of anilines is 2. The summed E-state index contributed by atoms with van der Waals surface area (Å²) >= 11 is 2.69. The Labute approximate surface area is 233 Å². The number of rotatable bonds is 2. The molecule has 0 aliphatic carbocycles. The lowest BCUT2D eigenvalue weighted by molar-refractivity contribution is 0.0878. The van der Waals surface area contributed by atoms with Crippen LogP contribution in [0.25, 0.3) is 43.1 Å². The van der Waals surface area contributed by atoms with Crippen LogP contribution in [0.5, 0.6) is 0 Å². The van der Waals surface area contributed by atoms with Crippen molar-refractivity contribution in [2.45, 2.75) is 0 Å². The van der Waals surface area contributed by atoms with Crippen LogP contribution in [-0.4, -0.2) is 23.6 Å². The second kappa shape index (κ2) is 7.38. The zero-order valence-electron chi connectivity index (χ0n) is 20.4. The minimum atomic E-state index is -0.343. The Kier molecular flexibility index (Phi) is 4.05. The van der Waals surface area contributed by atoms with E-state index in [1.807, 2.05) is 47.2 Å². The molecule has 9 rings (SSSR count). The summed E-state index contributed by atoms with van der Waals surface area (Å²) < 4.78 is 0. The monoisotopic (exact) mass is 554 g/mol. The third-order valence-corrected chi connectivity index (χ3v) is 9.80. The number of nitrogens with zero attached hydrogens (tertiary/aromatic N) is 2. The summed E-state index contributed by atoms with van der Waals surface area (Å²) in [5.41, 5.74) is 1.92. The first kappa shape index (κ1) is 22.0. The first-order chi connectivity index (χ1) is 19.5. The van der Waals surface area contributed by atoms with Crippen molar-refractivity contribution in [2.75, 3.05) is 9.80 Å². The summed E-state index contributed by atoms with van der Waals surface area (Å²) in [6.07, 6.45) is 0. The van der Waals surface area contributed by atoms with Crippen LogP contribution in [0.15, 0.2) is 83.6 Å². The third kappa shape index (κ3) is 2.48. The number of imide groups is 2. The van der Waals surface area contributed by atoms with E-state index >= 15 is 0 Å². The maximum Gasteiger partial charge on any atom is 0.266 e. The van der Waals surface area contributed by atoms with Crippen LogP contribution < -0.4 is 9.80 Å². The summed E-state index contributed by atoms with van der Waals surface area (Å²) in [7, 11) is 0. The number of carbonyl (C=O) groups excluding carboxylic acids is 4. The number of hydrogen-bond donors (Lipinski definition) is 0. The van der Waals surface area contributed by atoms with Gasteiger partial charge in [0.25, 0.3) is 23.6 Å². The third-order valence-electron chi connectivity index (χ3n) is 8.09. The number of fused-ring (bicyclic) bond motifs is 2. The summed E-state index contributed by atoms with van der Waals surface area (Å²) in [6.45, 7) is 0. The van der Waals surface area contributed by atoms with E-state index in [0.717, 1.165) is 32.3 Å². The molecule has 0 radical (unpaired) electrons. The molecule has 2 aliphatic rings. The summed E-state index contributed by atoms with van der Waals surface area (Å²) in [5.74, 6) is -1.37. The molecule has 2 aliphatic heterocycles. The van der Waals surface area contributed by atoms with E-state index in [9.17, 15) is 19.2 Å². The molecule has 0 atom stereocenters. The molecule has 5 aromatic carbocycles. The van der Waals surface area contributed by atoms with Gasteiger partial charge in [-0.15, -0.1) is 22.7 Å². The molecule has 188 valence electrons. The van der Waals surface area contributed by atoms with Gasteiger partial charge in [0.1, 0.15) is 10.0 Å². The highest BCUT2D eigenvalue weighted by molar-refractivity contribution is 7.15. The van der Waals surface area contributed by atoms with Crippen molar-refractivity contribution in [3.05, 3.63) is 106 Å². The van der Waals surface area contributed by atoms with E-state index in [-0.39, 0.29) is 23.6 Å². The molecule has 0 N–H and O–H groups in total. The van der Waals surface area contributed by atoms with E-state index in [4.69, 9.17) is 0 Å². The fourth-order valence-corrected chi connectivity index (χ4v) is 7.91. The standard InChI is InChI=1S/C32H14N2O4S2/c35-29-19-9-5-15-17-7-11-21-28-22(32(38)34(31(21)37)24-4-2-14-40-24)12-8-18(26(17)28)16-6-10-20(27(19)25(15)16)30(36)33(29)23-3-1-13-39-23/h1-14H. The molecule has 2 aromatic heterocycles. The molecular formula is C32H14N2O4S2. The van der Waals surface area contributed by atoms with Crippen molar-refractivity contribution in [1.29, 1.82) is 0 Å². The predicted octanol–water partition coefficient (Wildman–Crippen LogP) is 7.46. The molecule has 7 aromatic rings. The van der Waals surface area contributed by atoms with Crippen molar-refractivity contribution < 1.29 is 19.2 Å². The van der Waals surface area contributed by atoms with Gasteiger partial charge in [-0.25, -0.2) is 9.80 Å². The Morgan fingerprint density at radius 1 is 0.400 bits per heavy atom. The van der Waals surface area contributed by atoms with E-state index in [0.29, 0.717) is 43.0 Å². The molecule has 0 spiro atoms. The molecule has 4 heterocycles. The summed E-state index contributed by atoms with van der Waals surface area (Å²) in [5, 5.41) is 11.3. The first-order valence-electron chi connectivity index (χ1n) is 12.6. The highest BCUT2D eigenvalue weighted by atomic mass is 32.1. The lowest BCUT2D eigenvalue weighted by Crippen LogP contribution is -2.40. The quantitative estimate of drug-likeness (QED) is 0.126. The maximum absolute atomic E-state index is 13.6. The van der Waals surface area contributed by atoms with Crippen LogP contribution in [-0.2, 0) is 0 Å². The van der Waals surface area contributed by atoms with Gasteiger partial charge in [0.05, 0.1) is 0 Å². The normalized spacial score (nSPS) is 15.1. The zero-order chi connectivity index (χ0) is 26.9. The minimum Gasteiger partial charge on any atom is -0.268 e. The van der Waals surface area contributed by atoms with Gasteiger partial charge in [-0.3, -0.25) is 19.2 Å². The first-order valence-corrected chi connectivity index (χ1v) is 14.4. The van der Waals surface area contributed by atoms with Crippen LogP contribution >= 0.6 is 22.7 Å². The Bertz CT molecular complexity index is 2020. The van der Waals surface area contributed by atoms with Gasteiger partial charge in [0, 0.05) is 33.0 Å². The average Bonchev–Trinajstić information content (AvgIpc) is 3.69. The Morgan fingerprint density at radius 2 is 0.725 bits per heavy atom. The van der Waals surface area contributed by atoms with E-state index in [1.165, 1.54) is 32.5 Å². The number of thiophene rings is 2. The van der Waals surface area contributed by atoms with Gasteiger partial charge in [0.15, 0.2) is 0 Å². The minimum absolute atomic E-state index is 0.343. The van der Waals surface area contributed by atoms with E-state index < -0.39 is 0 Å². The Hall–Kier alpha value is -4.92. The van der Waals surface area contributed by atoms with Crippen molar-refractivity contribution in [2.24, 2.45) is 0 Å². The van der Waals surface area contributed by atoms with Crippen molar-refractivity contribution in [1.82, 2.24) is 0 Å². The molecule has 40 heavy (non-hydrogen) atoms. The number of carbonyl (C=O) groups is 4. The highest BCUT2D eigenvalue weighted by Crippen LogP contribution is 2.47. The number of amides is 4. The van der Waals surface area contributed by atoms with E-state index in [2.05, 4.69) is 0 Å². The highest BCUT2D eigenvalue weighted by Gasteiger charge is 2.38. The van der Waals surface area contributed by atoms with E-state index in [1.54, 1.807) is 36.4 Å². The summed E-state index contributed by atoms with van der Waals surface area (Å²) in [4.78, 5) is 57.1. The molecule has 8 heteroatoms. The molecule has 0 saturated carbocycles. The predicted molar refractivity (Wildman–Crippen MR) is 159 cm³/mol. The topological polar surface area (TPSA) is 74.8 Å². The van der Waals surface area contributed by atoms with Crippen molar-refractivity contribution >= 4 is 99.4 Å². The zero-order valence-corrected chi connectivity index (χ0v) is 22.1. The second-order valence-electron chi connectivity index (χ2n) is 9.94. The van der Waals surface area contributed by atoms with Crippen LogP contribution in [0.2, 0.25) is 0 Å². The Morgan fingerprint density at radius 3 is 1.00 bits per heavy atom. The number of benzene rings is 5. The van der Waals surface area contributed by atoms with Crippen LogP contribution in [0.1, 0.15) is 41.4 Å². The molecule has 0 unspecified atom stereocenters. The molecule has 0 fully saturated rings. The SMILES string of the molecule is O=C1c2ccc3c4ccc5c6c(ccc(c7ccc(c2c37)C(=O)N1c1cccs1)c64)C(=O)N(c1cccs1)C5=O. The van der Waals surface area contributed by atoms with Crippen LogP contribution in [0, 0.1) is 0 Å². The molecular weight excluding hydrogens is 540 g/mol. The Balaban J connectivity index is 1.38. The molecule has 0 bridgehead atoms. The molecule has 0 saturated heterocycles. The lowest BCUT2D eigenvalue weighted by Gasteiger charge is -2.29. The van der Waals surface area contributed by atoms with Gasteiger partial charge < -0.3 is 0 Å². The summed E-state index contributed by atoms with van der Waals surface area (Å²) in [6, 6.07) is 22.0. The second-order valence-corrected chi connectivity index (χ2v) is 11.8. The van der Waals surface area contributed by atoms with Gasteiger partial charge in [-0.2, -0.15) is 0 Å².